The molecule has 0 spiro atoms. The molecule has 0 saturated carbocycles. The van der Waals surface area contributed by atoms with Gasteiger partial charge in [-0.15, -0.1) is 0 Å². The van der Waals surface area contributed by atoms with Crippen molar-refractivity contribution in [1.29, 1.82) is 0 Å². The van der Waals surface area contributed by atoms with Gasteiger partial charge in [-0.1, -0.05) is 23.7 Å². The summed E-state index contributed by atoms with van der Waals surface area (Å²) >= 11 is 6.36. The van der Waals surface area contributed by atoms with Crippen LogP contribution in [0.4, 0.5) is 5.82 Å². The lowest BCUT2D eigenvalue weighted by atomic mass is 9.88. The van der Waals surface area contributed by atoms with E-state index in [4.69, 9.17) is 25.8 Å². The highest BCUT2D eigenvalue weighted by atomic mass is 35.5. The van der Waals surface area contributed by atoms with Gasteiger partial charge in [0.05, 0.1) is 37.7 Å². The summed E-state index contributed by atoms with van der Waals surface area (Å²) in [4.78, 5) is 17.2. The number of nitrogens with zero attached hydrogens (tertiary/aromatic N) is 2. The van der Waals surface area contributed by atoms with Crippen molar-refractivity contribution in [3.05, 3.63) is 59.0 Å². The molecule has 0 unspecified atom stereocenters. The van der Waals surface area contributed by atoms with Crippen LogP contribution in [0, 0.1) is 0 Å². The summed E-state index contributed by atoms with van der Waals surface area (Å²) in [5.74, 6) is 1.87. The van der Waals surface area contributed by atoms with Crippen molar-refractivity contribution >= 4 is 23.3 Å². The number of benzene rings is 2. The fraction of sp³-hybridized carbons (Fsp3) is 0.238. The number of carbonyl (C=O) groups is 1. The minimum atomic E-state index is -0.308. The highest BCUT2D eigenvalue weighted by Gasteiger charge is 2.33. The molecule has 1 aliphatic rings. The van der Waals surface area contributed by atoms with Gasteiger partial charge in [0, 0.05) is 24.0 Å². The molecule has 4 rings (SSSR count). The zero-order valence-corrected chi connectivity index (χ0v) is 17.0. The number of ether oxygens (including phenoxy) is 3. The highest BCUT2D eigenvalue weighted by molar-refractivity contribution is 6.32. The van der Waals surface area contributed by atoms with Crippen molar-refractivity contribution in [2.75, 3.05) is 26.6 Å². The number of amides is 1. The van der Waals surface area contributed by atoms with E-state index in [0.717, 1.165) is 16.9 Å². The van der Waals surface area contributed by atoms with Crippen molar-refractivity contribution in [3.8, 4) is 22.9 Å². The topological polar surface area (TPSA) is 74.6 Å². The second-order valence-corrected chi connectivity index (χ2v) is 6.96. The standard InChI is InChI=1S/C21H20ClN3O4/c1-27-16-10-18(29-3)17(28-2)8-12(16)13-9-19(26)24-21-20(13)23-11-25(21)15-7-5-4-6-14(15)22/h4-8,10-11,13H,9H2,1-3H3,(H,24,26)/t13-/m1/s1. The summed E-state index contributed by atoms with van der Waals surface area (Å²) in [6, 6.07) is 11.0. The molecular weight excluding hydrogens is 394 g/mol. The number of para-hydroxylation sites is 1. The smallest absolute Gasteiger partial charge is 0.226 e. The van der Waals surface area contributed by atoms with Crippen LogP contribution in [-0.4, -0.2) is 36.8 Å². The van der Waals surface area contributed by atoms with Crippen LogP contribution in [-0.2, 0) is 4.79 Å². The van der Waals surface area contributed by atoms with Crippen LogP contribution >= 0.6 is 11.6 Å². The summed E-state index contributed by atoms with van der Waals surface area (Å²) in [6.07, 6.45) is 1.90. The van der Waals surface area contributed by atoms with Crippen LogP contribution < -0.4 is 19.5 Å². The number of hydrogen-bond donors (Lipinski definition) is 1. The number of imidazole rings is 1. The fourth-order valence-corrected chi connectivity index (χ4v) is 3.85. The first-order valence-electron chi connectivity index (χ1n) is 8.99. The van der Waals surface area contributed by atoms with Gasteiger partial charge in [0.25, 0.3) is 0 Å². The monoisotopic (exact) mass is 413 g/mol. The number of halogens is 1. The van der Waals surface area contributed by atoms with Gasteiger partial charge in [-0.05, 0) is 18.2 Å². The summed E-state index contributed by atoms with van der Waals surface area (Å²) in [6.45, 7) is 0. The third-order valence-electron chi connectivity index (χ3n) is 5.00. The van der Waals surface area contributed by atoms with E-state index in [0.29, 0.717) is 28.1 Å². The second kappa shape index (κ2) is 7.67. The van der Waals surface area contributed by atoms with Crippen LogP contribution in [0.25, 0.3) is 5.69 Å². The van der Waals surface area contributed by atoms with Crippen LogP contribution in [0.3, 0.4) is 0 Å². The Kier molecular flexibility index (Phi) is 5.07. The van der Waals surface area contributed by atoms with E-state index >= 15 is 0 Å². The van der Waals surface area contributed by atoms with Gasteiger partial charge in [0.15, 0.2) is 11.5 Å². The van der Waals surface area contributed by atoms with E-state index in [1.54, 1.807) is 44.4 Å². The summed E-state index contributed by atoms with van der Waals surface area (Å²) in [7, 11) is 4.71. The molecule has 7 nitrogen and oxygen atoms in total. The Balaban J connectivity index is 1.87. The molecule has 2 aromatic carbocycles. The van der Waals surface area contributed by atoms with Gasteiger partial charge in [-0.2, -0.15) is 0 Å². The van der Waals surface area contributed by atoms with Crippen LogP contribution in [0.2, 0.25) is 5.02 Å². The molecule has 29 heavy (non-hydrogen) atoms. The maximum Gasteiger partial charge on any atom is 0.226 e. The molecule has 0 bridgehead atoms. The first kappa shape index (κ1) is 19.1. The minimum absolute atomic E-state index is 0.117. The van der Waals surface area contributed by atoms with Gasteiger partial charge in [0.1, 0.15) is 17.9 Å². The molecule has 150 valence electrons. The minimum Gasteiger partial charge on any atom is -0.496 e. The summed E-state index contributed by atoms with van der Waals surface area (Å²) in [5.41, 5.74) is 2.27. The van der Waals surface area contributed by atoms with Crippen molar-refractivity contribution in [2.24, 2.45) is 0 Å². The molecule has 8 heteroatoms. The summed E-state index contributed by atoms with van der Waals surface area (Å²) < 4.78 is 18.2. The van der Waals surface area contributed by atoms with Crippen molar-refractivity contribution < 1.29 is 19.0 Å². The number of nitrogens with one attached hydrogen (secondary N) is 1. The molecule has 1 amide bonds. The average Bonchev–Trinajstić information content (AvgIpc) is 3.15. The first-order chi connectivity index (χ1) is 14.1. The second-order valence-electron chi connectivity index (χ2n) is 6.55. The molecule has 1 aliphatic heterocycles. The van der Waals surface area contributed by atoms with E-state index in [1.165, 1.54) is 0 Å². The molecule has 1 atom stereocenters. The van der Waals surface area contributed by atoms with Gasteiger partial charge in [-0.25, -0.2) is 4.98 Å². The zero-order chi connectivity index (χ0) is 20.5. The molecular formula is C21H20ClN3O4. The molecule has 0 radical (unpaired) electrons. The average molecular weight is 414 g/mol. The van der Waals surface area contributed by atoms with E-state index in [1.807, 2.05) is 24.3 Å². The van der Waals surface area contributed by atoms with E-state index in [9.17, 15) is 4.79 Å². The Hall–Kier alpha value is -3.19. The molecule has 3 aromatic rings. The van der Waals surface area contributed by atoms with Gasteiger partial charge < -0.3 is 19.5 Å². The quantitative estimate of drug-likeness (QED) is 0.683. The number of fused-ring (bicyclic) bond motifs is 1. The van der Waals surface area contributed by atoms with E-state index in [2.05, 4.69) is 10.3 Å². The van der Waals surface area contributed by atoms with Gasteiger partial charge >= 0.3 is 0 Å². The molecule has 0 fully saturated rings. The van der Waals surface area contributed by atoms with Gasteiger partial charge in [0.2, 0.25) is 5.91 Å². The lowest BCUT2D eigenvalue weighted by Crippen LogP contribution is -2.25. The Morgan fingerprint density at radius 2 is 1.76 bits per heavy atom. The van der Waals surface area contributed by atoms with Crippen molar-refractivity contribution in [1.82, 2.24) is 9.55 Å². The fourth-order valence-electron chi connectivity index (χ4n) is 3.62. The maximum atomic E-state index is 12.6. The normalized spacial score (nSPS) is 15.4. The van der Waals surface area contributed by atoms with Crippen molar-refractivity contribution in [2.45, 2.75) is 12.3 Å². The Morgan fingerprint density at radius 1 is 1.07 bits per heavy atom. The van der Waals surface area contributed by atoms with Crippen LogP contribution in [0.5, 0.6) is 17.2 Å². The number of hydrogen-bond acceptors (Lipinski definition) is 5. The molecule has 1 aromatic heterocycles. The Bertz CT molecular complexity index is 1080. The van der Waals surface area contributed by atoms with Gasteiger partial charge in [-0.3, -0.25) is 9.36 Å². The molecule has 0 aliphatic carbocycles. The summed E-state index contributed by atoms with van der Waals surface area (Å²) in [5, 5.41) is 3.49. The van der Waals surface area contributed by atoms with Crippen LogP contribution in [0.15, 0.2) is 42.7 Å². The largest absolute Gasteiger partial charge is 0.496 e. The maximum absolute atomic E-state index is 12.6. The van der Waals surface area contributed by atoms with Crippen molar-refractivity contribution in [3.63, 3.8) is 0 Å². The lowest BCUT2D eigenvalue weighted by molar-refractivity contribution is -0.116. The number of methoxy groups -OCH3 is 3. The number of anilines is 1. The Labute approximate surface area is 173 Å². The number of aromatic nitrogens is 2. The van der Waals surface area contributed by atoms with E-state index in [-0.39, 0.29) is 18.2 Å². The van der Waals surface area contributed by atoms with Crippen LogP contribution in [0.1, 0.15) is 23.6 Å². The SMILES string of the molecule is COc1cc(OC)c([C@H]2CC(=O)Nc3c2ncn3-c2ccccc2Cl)cc1OC. The number of rotatable bonds is 5. The Morgan fingerprint density at radius 3 is 2.45 bits per heavy atom. The molecule has 1 N–H and O–H groups in total. The third kappa shape index (κ3) is 3.27. The predicted molar refractivity (Wildman–Crippen MR) is 110 cm³/mol. The molecule has 0 saturated heterocycles. The van der Waals surface area contributed by atoms with E-state index < -0.39 is 0 Å². The predicted octanol–water partition coefficient (Wildman–Crippen LogP) is 4.03. The third-order valence-corrected chi connectivity index (χ3v) is 5.32. The molecule has 2 heterocycles. The highest BCUT2D eigenvalue weighted by Crippen LogP contribution is 2.45. The number of carbonyl (C=O) groups excluding carboxylic acids is 1. The lowest BCUT2D eigenvalue weighted by Gasteiger charge is -2.25. The zero-order valence-electron chi connectivity index (χ0n) is 16.2. The first-order valence-corrected chi connectivity index (χ1v) is 9.37.